The van der Waals surface area contributed by atoms with Gasteiger partial charge in [0.25, 0.3) is 0 Å². The molecule has 0 saturated carbocycles. The van der Waals surface area contributed by atoms with Crippen molar-refractivity contribution in [3.63, 3.8) is 0 Å². The van der Waals surface area contributed by atoms with Crippen molar-refractivity contribution in [1.29, 1.82) is 0 Å². The van der Waals surface area contributed by atoms with E-state index in [1.54, 1.807) is 0 Å². The summed E-state index contributed by atoms with van der Waals surface area (Å²) >= 11 is 6.16. The van der Waals surface area contributed by atoms with E-state index in [0.29, 0.717) is 17.5 Å². The zero-order valence-corrected chi connectivity index (χ0v) is 14.3. The lowest BCUT2D eigenvalue weighted by Gasteiger charge is -2.33. The lowest BCUT2D eigenvalue weighted by Crippen LogP contribution is -2.37. The third-order valence-electron chi connectivity index (χ3n) is 4.61. The van der Waals surface area contributed by atoms with Gasteiger partial charge in [-0.1, -0.05) is 29.8 Å². The normalized spacial score (nSPS) is 18.2. The number of nitrogens with zero attached hydrogens (tertiary/aromatic N) is 3. The zero-order chi connectivity index (χ0) is 16.2. The Labute approximate surface area is 142 Å². The number of likely N-dealkylation sites (tertiary alicyclic amines) is 1. The molecule has 2 heterocycles. The number of aliphatic hydroxyl groups is 1. The minimum atomic E-state index is -0.519. The molecule has 0 bridgehead atoms. The molecule has 0 amide bonds. The van der Waals surface area contributed by atoms with Crippen molar-refractivity contribution in [2.45, 2.75) is 32.4 Å². The summed E-state index contributed by atoms with van der Waals surface area (Å²) in [6, 6.07) is 7.54. The highest BCUT2D eigenvalue weighted by Gasteiger charge is 2.22. The van der Waals surface area contributed by atoms with Crippen molar-refractivity contribution in [1.82, 2.24) is 14.7 Å². The molecule has 124 valence electrons. The van der Waals surface area contributed by atoms with Crippen LogP contribution in [0, 0.1) is 12.8 Å². The smallest absolute Gasteiger partial charge is 0.0931 e. The van der Waals surface area contributed by atoms with Gasteiger partial charge in [0.2, 0.25) is 0 Å². The number of aryl methyl sites for hydroxylation is 1. The Balaban J connectivity index is 1.48. The van der Waals surface area contributed by atoms with Crippen molar-refractivity contribution in [2.75, 3.05) is 19.6 Å². The number of rotatable bonds is 5. The quantitative estimate of drug-likeness (QED) is 0.912. The molecule has 3 rings (SSSR count). The Kier molecular flexibility index (Phi) is 5.36. The van der Waals surface area contributed by atoms with Crippen LogP contribution in [-0.4, -0.2) is 39.4 Å². The van der Waals surface area contributed by atoms with Gasteiger partial charge >= 0.3 is 0 Å². The Hall–Kier alpha value is -1.36. The lowest BCUT2D eigenvalue weighted by atomic mass is 9.96. The fraction of sp³-hybridized carbons (Fsp3) is 0.500. The van der Waals surface area contributed by atoms with E-state index in [4.69, 9.17) is 11.6 Å². The first kappa shape index (κ1) is 16.5. The third kappa shape index (κ3) is 4.34. The molecule has 5 heteroatoms. The molecule has 1 aromatic heterocycles. The van der Waals surface area contributed by atoms with E-state index in [1.165, 1.54) is 5.56 Å². The molecule has 0 unspecified atom stereocenters. The van der Waals surface area contributed by atoms with E-state index in [9.17, 15) is 5.11 Å². The molecule has 1 saturated heterocycles. The maximum absolute atomic E-state index is 10.4. The monoisotopic (exact) mass is 333 g/mol. The summed E-state index contributed by atoms with van der Waals surface area (Å²) < 4.78 is 2.05. The largest absolute Gasteiger partial charge is 0.387 e. The Morgan fingerprint density at radius 3 is 2.70 bits per heavy atom. The summed E-state index contributed by atoms with van der Waals surface area (Å²) in [5.74, 6) is 0.669. The molecular weight excluding hydrogens is 310 g/mol. The Morgan fingerprint density at radius 1 is 1.30 bits per heavy atom. The molecule has 2 aromatic rings. The molecule has 1 aromatic carbocycles. The molecule has 23 heavy (non-hydrogen) atoms. The first-order valence-corrected chi connectivity index (χ1v) is 8.63. The van der Waals surface area contributed by atoms with E-state index in [1.807, 2.05) is 35.1 Å². The van der Waals surface area contributed by atoms with Crippen LogP contribution in [0.3, 0.4) is 0 Å². The number of benzene rings is 1. The summed E-state index contributed by atoms with van der Waals surface area (Å²) in [5.41, 5.74) is 2.04. The van der Waals surface area contributed by atoms with E-state index < -0.39 is 6.10 Å². The summed E-state index contributed by atoms with van der Waals surface area (Å²) in [6.45, 7) is 5.76. The lowest BCUT2D eigenvalue weighted by molar-refractivity contribution is 0.0861. The predicted molar refractivity (Wildman–Crippen MR) is 92.5 cm³/mol. The minimum Gasteiger partial charge on any atom is -0.387 e. The minimum absolute atomic E-state index is 0.519. The van der Waals surface area contributed by atoms with Crippen LogP contribution in [0.15, 0.2) is 36.7 Å². The molecule has 1 fully saturated rings. The highest BCUT2D eigenvalue weighted by molar-refractivity contribution is 6.31. The standard InChI is InChI=1S/C18H24ClN3O/c1-14-10-20-22(11-14)12-15-6-8-21(9-7-15)13-18(23)16-4-2-3-5-17(16)19/h2-5,10-11,15,18,23H,6-9,12-13H2,1H3/t18-/m0/s1. The van der Waals surface area contributed by atoms with Crippen LogP contribution in [0.5, 0.6) is 0 Å². The second kappa shape index (κ2) is 7.47. The van der Waals surface area contributed by atoms with Crippen LogP contribution in [0.1, 0.15) is 30.1 Å². The first-order chi connectivity index (χ1) is 11.1. The van der Waals surface area contributed by atoms with Crippen molar-refractivity contribution in [3.8, 4) is 0 Å². The number of hydrogen-bond donors (Lipinski definition) is 1. The van der Waals surface area contributed by atoms with Gasteiger partial charge in [0.15, 0.2) is 0 Å². The summed E-state index contributed by atoms with van der Waals surface area (Å²) in [5, 5.41) is 15.4. The number of halogens is 1. The predicted octanol–water partition coefficient (Wildman–Crippen LogP) is 3.29. The van der Waals surface area contributed by atoms with E-state index >= 15 is 0 Å². The van der Waals surface area contributed by atoms with Gasteiger partial charge in [-0.15, -0.1) is 0 Å². The van der Waals surface area contributed by atoms with Crippen LogP contribution in [-0.2, 0) is 6.54 Å². The van der Waals surface area contributed by atoms with E-state index in [2.05, 4.69) is 23.1 Å². The van der Waals surface area contributed by atoms with Crippen molar-refractivity contribution < 1.29 is 5.11 Å². The van der Waals surface area contributed by atoms with Crippen molar-refractivity contribution >= 4 is 11.6 Å². The molecular formula is C18H24ClN3O. The maximum atomic E-state index is 10.4. The molecule has 1 aliphatic heterocycles. The van der Waals surface area contributed by atoms with Gasteiger partial charge in [-0.25, -0.2) is 0 Å². The van der Waals surface area contributed by atoms with Gasteiger partial charge in [0.05, 0.1) is 12.3 Å². The van der Waals surface area contributed by atoms with E-state index in [0.717, 1.165) is 38.0 Å². The van der Waals surface area contributed by atoms with Crippen LogP contribution in [0.4, 0.5) is 0 Å². The number of piperidine rings is 1. The van der Waals surface area contributed by atoms with Crippen LogP contribution in [0.2, 0.25) is 5.02 Å². The fourth-order valence-corrected chi connectivity index (χ4v) is 3.53. The second-order valence-electron chi connectivity index (χ2n) is 6.52. The summed E-state index contributed by atoms with van der Waals surface area (Å²) in [4.78, 5) is 2.33. The van der Waals surface area contributed by atoms with Crippen LogP contribution < -0.4 is 0 Å². The molecule has 1 aliphatic rings. The van der Waals surface area contributed by atoms with E-state index in [-0.39, 0.29) is 0 Å². The van der Waals surface area contributed by atoms with Gasteiger partial charge in [0, 0.05) is 29.9 Å². The van der Waals surface area contributed by atoms with Crippen molar-refractivity contribution in [3.05, 3.63) is 52.8 Å². The van der Waals surface area contributed by atoms with Gasteiger partial charge < -0.3 is 10.0 Å². The number of aliphatic hydroxyl groups excluding tert-OH is 1. The molecule has 1 atom stereocenters. The molecule has 4 nitrogen and oxygen atoms in total. The SMILES string of the molecule is Cc1cnn(CC2CCN(C[C@H](O)c3ccccc3Cl)CC2)c1. The number of hydrogen-bond acceptors (Lipinski definition) is 3. The first-order valence-electron chi connectivity index (χ1n) is 8.25. The Bertz CT molecular complexity index is 635. The average Bonchev–Trinajstić information content (AvgIpc) is 2.95. The highest BCUT2D eigenvalue weighted by atomic mass is 35.5. The molecule has 0 radical (unpaired) electrons. The third-order valence-corrected chi connectivity index (χ3v) is 4.95. The molecule has 0 aliphatic carbocycles. The highest BCUT2D eigenvalue weighted by Crippen LogP contribution is 2.25. The second-order valence-corrected chi connectivity index (χ2v) is 6.93. The number of β-amino-alcohol motifs (C(OH)–C–C–N with tert-alkyl or cyclic N) is 1. The van der Waals surface area contributed by atoms with Crippen LogP contribution in [0.25, 0.3) is 0 Å². The number of aromatic nitrogens is 2. The summed E-state index contributed by atoms with van der Waals surface area (Å²) in [7, 11) is 0. The van der Waals surface area contributed by atoms with Gasteiger partial charge in [-0.2, -0.15) is 5.10 Å². The van der Waals surface area contributed by atoms with Gasteiger partial charge in [-0.3, -0.25) is 4.68 Å². The molecule has 0 spiro atoms. The van der Waals surface area contributed by atoms with Crippen LogP contribution >= 0.6 is 11.6 Å². The van der Waals surface area contributed by atoms with Crippen molar-refractivity contribution in [2.24, 2.45) is 5.92 Å². The average molecular weight is 334 g/mol. The zero-order valence-electron chi connectivity index (χ0n) is 13.5. The topological polar surface area (TPSA) is 41.3 Å². The fourth-order valence-electron chi connectivity index (χ4n) is 3.27. The van der Waals surface area contributed by atoms with Gasteiger partial charge in [-0.05, 0) is 50.4 Å². The summed E-state index contributed by atoms with van der Waals surface area (Å²) in [6.07, 6.45) is 5.79. The van der Waals surface area contributed by atoms with Gasteiger partial charge in [0.1, 0.15) is 0 Å². The maximum Gasteiger partial charge on any atom is 0.0931 e. The Morgan fingerprint density at radius 2 is 2.04 bits per heavy atom. The molecule has 1 N–H and O–H groups in total.